The van der Waals surface area contributed by atoms with E-state index in [2.05, 4.69) is 10.0 Å². The van der Waals surface area contributed by atoms with Crippen molar-refractivity contribution in [3.05, 3.63) is 65.2 Å². The number of rotatable bonds is 7. The van der Waals surface area contributed by atoms with Crippen LogP contribution in [0.1, 0.15) is 41.6 Å². The Hall–Kier alpha value is -2.42. The fraction of sp³-hybridized carbons (Fsp3) is 0.350. The molecule has 1 aliphatic heterocycles. The molecule has 4 N–H and O–H groups in total. The van der Waals surface area contributed by atoms with E-state index in [1.54, 1.807) is 12.1 Å². The van der Waals surface area contributed by atoms with Gasteiger partial charge in [-0.05, 0) is 17.2 Å². The first-order valence-corrected chi connectivity index (χ1v) is 11.0. The summed E-state index contributed by atoms with van der Waals surface area (Å²) in [6.07, 6.45) is 1.74. The minimum absolute atomic E-state index is 0.00462. The van der Waals surface area contributed by atoms with Crippen LogP contribution in [0.5, 0.6) is 5.75 Å². The summed E-state index contributed by atoms with van der Waals surface area (Å²) in [5, 5.41) is 3.01. The van der Waals surface area contributed by atoms with Gasteiger partial charge in [-0.15, -0.1) is 0 Å². The fourth-order valence-electron chi connectivity index (χ4n) is 3.32. The van der Waals surface area contributed by atoms with Gasteiger partial charge in [-0.2, -0.15) is 0 Å². The number of hydrogen-bond acceptors (Lipinski definition) is 5. The fourth-order valence-corrected chi connectivity index (χ4v) is 4.06. The molecule has 1 heterocycles. The van der Waals surface area contributed by atoms with Gasteiger partial charge >= 0.3 is 0 Å². The zero-order valence-electron chi connectivity index (χ0n) is 15.7. The van der Waals surface area contributed by atoms with Crippen LogP contribution in [-0.4, -0.2) is 27.2 Å². The molecule has 2 unspecified atom stereocenters. The van der Waals surface area contributed by atoms with Gasteiger partial charge < -0.3 is 15.8 Å². The largest absolute Gasteiger partial charge is 0.493 e. The van der Waals surface area contributed by atoms with Crippen LogP contribution in [0.25, 0.3) is 0 Å². The Bertz CT molecular complexity index is 932. The Balaban J connectivity index is 1.73. The van der Waals surface area contributed by atoms with Crippen molar-refractivity contribution in [3.63, 3.8) is 0 Å². The summed E-state index contributed by atoms with van der Waals surface area (Å²) in [6, 6.07) is 14.0. The number of nitrogens with two attached hydrogens (primary N) is 1. The summed E-state index contributed by atoms with van der Waals surface area (Å²) in [6.45, 7) is 0.916. The maximum Gasteiger partial charge on any atom is 0.222 e. The summed E-state index contributed by atoms with van der Waals surface area (Å²) in [5.41, 5.74) is 8.29. The lowest BCUT2D eigenvalue weighted by Gasteiger charge is -2.28. The second-order valence-corrected chi connectivity index (χ2v) is 8.67. The first-order valence-electron chi connectivity index (χ1n) is 9.13. The minimum Gasteiger partial charge on any atom is -0.493 e. The molecule has 0 bridgehead atoms. The number of fused-ring (bicyclic) bond motifs is 1. The third-order valence-electron chi connectivity index (χ3n) is 4.64. The highest BCUT2D eigenvalue weighted by atomic mass is 32.2. The number of benzene rings is 2. The second-order valence-electron chi connectivity index (χ2n) is 6.89. The van der Waals surface area contributed by atoms with Gasteiger partial charge in [-0.1, -0.05) is 42.5 Å². The van der Waals surface area contributed by atoms with Crippen molar-refractivity contribution in [1.29, 1.82) is 0 Å². The molecule has 1 aliphatic rings. The molecular formula is C20H25N3O4S. The predicted octanol–water partition coefficient (Wildman–Crippen LogP) is 1.77. The van der Waals surface area contributed by atoms with Crippen molar-refractivity contribution in [2.24, 2.45) is 5.73 Å². The standard InChI is InChI=1S/C20H25N3O4S/c1-28(25,26)23-18(15-5-3-2-4-6-15)12-20(24)22-17-9-10-27-19-11-14(13-21)7-8-16(17)19/h2-8,11,17-18,23H,9-10,12-13,21H2,1H3,(H,22,24). The van der Waals surface area contributed by atoms with Crippen LogP contribution in [-0.2, 0) is 21.4 Å². The van der Waals surface area contributed by atoms with Crippen LogP contribution in [0.3, 0.4) is 0 Å². The summed E-state index contributed by atoms with van der Waals surface area (Å²) < 4.78 is 31.7. The summed E-state index contributed by atoms with van der Waals surface area (Å²) in [4.78, 5) is 12.7. The Labute approximate surface area is 165 Å². The molecule has 8 heteroatoms. The molecule has 150 valence electrons. The van der Waals surface area contributed by atoms with E-state index in [0.717, 1.165) is 28.7 Å². The molecule has 0 fully saturated rings. The van der Waals surface area contributed by atoms with E-state index in [4.69, 9.17) is 10.5 Å². The van der Waals surface area contributed by atoms with E-state index in [9.17, 15) is 13.2 Å². The van der Waals surface area contributed by atoms with Crippen LogP contribution in [0.4, 0.5) is 0 Å². The lowest BCUT2D eigenvalue weighted by atomic mass is 9.98. The SMILES string of the molecule is CS(=O)(=O)NC(CC(=O)NC1CCOc2cc(CN)ccc21)c1ccccc1. The normalized spacial score (nSPS) is 17.3. The molecular weight excluding hydrogens is 378 g/mol. The number of amides is 1. The number of nitrogens with one attached hydrogen (secondary N) is 2. The van der Waals surface area contributed by atoms with Crippen molar-refractivity contribution < 1.29 is 17.9 Å². The third-order valence-corrected chi connectivity index (χ3v) is 5.35. The number of ether oxygens (including phenoxy) is 1. The number of sulfonamides is 1. The first kappa shape index (κ1) is 20.3. The number of carbonyl (C=O) groups is 1. The van der Waals surface area contributed by atoms with Crippen LogP contribution in [0.2, 0.25) is 0 Å². The molecule has 0 saturated carbocycles. The molecule has 0 aliphatic carbocycles. The van der Waals surface area contributed by atoms with Gasteiger partial charge in [0.05, 0.1) is 24.9 Å². The van der Waals surface area contributed by atoms with Crippen molar-refractivity contribution in [3.8, 4) is 5.75 Å². The predicted molar refractivity (Wildman–Crippen MR) is 107 cm³/mol. The maximum absolute atomic E-state index is 12.7. The maximum atomic E-state index is 12.7. The van der Waals surface area contributed by atoms with Gasteiger partial charge in [0.1, 0.15) is 5.75 Å². The average Bonchev–Trinajstić information content (AvgIpc) is 2.67. The highest BCUT2D eigenvalue weighted by Gasteiger charge is 2.25. The third kappa shape index (κ3) is 5.31. The van der Waals surface area contributed by atoms with E-state index < -0.39 is 16.1 Å². The van der Waals surface area contributed by atoms with Crippen molar-refractivity contribution in [2.45, 2.75) is 31.5 Å². The van der Waals surface area contributed by atoms with Gasteiger partial charge in [0.15, 0.2) is 0 Å². The number of carbonyl (C=O) groups excluding carboxylic acids is 1. The average molecular weight is 404 g/mol. The first-order chi connectivity index (χ1) is 13.4. The molecule has 1 amide bonds. The molecule has 0 radical (unpaired) electrons. The van der Waals surface area contributed by atoms with Gasteiger partial charge in [0.25, 0.3) is 0 Å². The van der Waals surface area contributed by atoms with E-state index in [1.807, 2.05) is 36.4 Å². The molecule has 2 aromatic rings. The van der Waals surface area contributed by atoms with Gasteiger partial charge in [-0.25, -0.2) is 13.1 Å². The Kier molecular flexibility index (Phi) is 6.33. The van der Waals surface area contributed by atoms with Crippen LogP contribution < -0.4 is 20.5 Å². The summed E-state index contributed by atoms with van der Waals surface area (Å²) >= 11 is 0. The van der Waals surface area contributed by atoms with Crippen molar-refractivity contribution in [2.75, 3.05) is 12.9 Å². The van der Waals surface area contributed by atoms with E-state index in [1.165, 1.54) is 0 Å². The second kappa shape index (κ2) is 8.72. The lowest BCUT2D eigenvalue weighted by molar-refractivity contribution is -0.122. The minimum atomic E-state index is -3.47. The smallest absolute Gasteiger partial charge is 0.222 e. The highest BCUT2D eigenvalue weighted by Crippen LogP contribution is 2.33. The van der Waals surface area contributed by atoms with Crippen LogP contribution in [0, 0.1) is 0 Å². The highest BCUT2D eigenvalue weighted by molar-refractivity contribution is 7.88. The Morgan fingerprint density at radius 2 is 2.00 bits per heavy atom. The Morgan fingerprint density at radius 1 is 1.25 bits per heavy atom. The molecule has 28 heavy (non-hydrogen) atoms. The van der Waals surface area contributed by atoms with E-state index >= 15 is 0 Å². The molecule has 2 aromatic carbocycles. The van der Waals surface area contributed by atoms with Crippen LogP contribution >= 0.6 is 0 Å². The van der Waals surface area contributed by atoms with Crippen molar-refractivity contribution >= 4 is 15.9 Å². The van der Waals surface area contributed by atoms with E-state index in [-0.39, 0.29) is 18.4 Å². The molecule has 0 spiro atoms. The quantitative estimate of drug-likeness (QED) is 0.652. The van der Waals surface area contributed by atoms with Crippen molar-refractivity contribution in [1.82, 2.24) is 10.0 Å². The van der Waals surface area contributed by atoms with E-state index in [0.29, 0.717) is 19.6 Å². The van der Waals surface area contributed by atoms with Gasteiger partial charge in [0, 0.05) is 24.9 Å². The molecule has 0 aromatic heterocycles. The molecule has 3 rings (SSSR count). The zero-order valence-corrected chi connectivity index (χ0v) is 16.5. The number of hydrogen-bond donors (Lipinski definition) is 3. The molecule has 0 saturated heterocycles. The summed E-state index contributed by atoms with van der Waals surface area (Å²) in [7, 11) is -3.47. The molecule has 7 nitrogen and oxygen atoms in total. The molecule has 2 atom stereocenters. The van der Waals surface area contributed by atoms with Crippen LogP contribution in [0.15, 0.2) is 48.5 Å². The van der Waals surface area contributed by atoms with Gasteiger partial charge in [0.2, 0.25) is 15.9 Å². The Morgan fingerprint density at radius 3 is 2.68 bits per heavy atom. The zero-order chi connectivity index (χ0) is 20.1. The topological polar surface area (TPSA) is 111 Å². The monoisotopic (exact) mass is 403 g/mol. The lowest BCUT2D eigenvalue weighted by Crippen LogP contribution is -2.36. The summed E-state index contributed by atoms with van der Waals surface area (Å²) in [5.74, 6) is 0.499. The van der Waals surface area contributed by atoms with Gasteiger partial charge in [-0.3, -0.25) is 4.79 Å².